The van der Waals surface area contributed by atoms with Gasteiger partial charge in [-0.25, -0.2) is 0 Å². The number of benzene rings is 2. The maximum atomic E-state index is 13.0. The van der Waals surface area contributed by atoms with Gasteiger partial charge in [0.1, 0.15) is 11.5 Å². The molecular weight excluding hydrogens is 426 g/mol. The average molecular weight is 452 g/mol. The van der Waals surface area contributed by atoms with Crippen LogP contribution < -0.4 is 4.90 Å². The summed E-state index contributed by atoms with van der Waals surface area (Å²) in [4.78, 5) is 26.4. The zero-order valence-corrected chi connectivity index (χ0v) is 19.1. The van der Waals surface area contributed by atoms with Crippen LogP contribution in [0, 0.1) is 29.9 Å². The van der Waals surface area contributed by atoms with Gasteiger partial charge in [-0.15, -0.1) is 10.2 Å². The third-order valence-electron chi connectivity index (χ3n) is 5.68. The fourth-order valence-corrected chi connectivity index (χ4v) is 4.84. The average Bonchev–Trinajstić information content (AvgIpc) is 3.13. The molecule has 0 radical (unpaired) electrons. The van der Waals surface area contributed by atoms with E-state index in [1.165, 1.54) is 6.07 Å². The van der Waals surface area contributed by atoms with Gasteiger partial charge in [0.05, 0.1) is 4.92 Å². The lowest BCUT2D eigenvalue weighted by Crippen LogP contribution is -2.34. The number of aromatic nitrogens is 3. The van der Waals surface area contributed by atoms with E-state index in [9.17, 15) is 14.9 Å². The number of anilines is 1. The molecule has 0 unspecified atom stereocenters. The van der Waals surface area contributed by atoms with Crippen molar-refractivity contribution in [3.8, 4) is 5.69 Å². The number of carbonyl (C=O) groups is 1. The first-order valence-electron chi connectivity index (χ1n) is 10.6. The quantitative estimate of drug-likeness (QED) is 0.307. The lowest BCUT2D eigenvalue weighted by Gasteiger charge is -2.32. The number of nitrogens with zero attached hydrogens (tertiary/aromatic N) is 5. The molecule has 4 rings (SSSR count). The lowest BCUT2D eigenvalue weighted by atomic mass is 9.99. The Morgan fingerprint density at radius 1 is 1.16 bits per heavy atom. The standard InChI is InChI=1S/C23H25N5O3S/c1-15-6-9-19(10-7-15)27-17(3)24-25-23(27)32-22(29)18-8-11-20(21(13-18)28(30)31)26-12-4-5-16(2)14-26/h6-11,13,16H,4-5,12,14H2,1-3H3/t16-/m1/s1. The predicted molar refractivity (Wildman–Crippen MR) is 125 cm³/mol. The van der Waals surface area contributed by atoms with Crippen molar-refractivity contribution in [2.75, 3.05) is 18.0 Å². The van der Waals surface area contributed by atoms with Gasteiger partial charge in [0.15, 0.2) is 0 Å². The Balaban J connectivity index is 1.61. The molecular formula is C23H25N5O3S. The van der Waals surface area contributed by atoms with Gasteiger partial charge in [-0.1, -0.05) is 24.6 Å². The van der Waals surface area contributed by atoms with Gasteiger partial charge in [-0.3, -0.25) is 19.5 Å². The molecule has 0 spiro atoms. The summed E-state index contributed by atoms with van der Waals surface area (Å²) in [7, 11) is 0. The van der Waals surface area contributed by atoms with Crippen LogP contribution in [0.15, 0.2) is 47.6 Å². The molecule has 0 aliphatic carbocycles. The third kappa shape index (κ3) is 4.52. The highest BCUT2D eigenvalue weighted by Crippen LogP contribution is 2.34. The number of nitro groups is 1. The largest absolute Gasteiger partial charge is 0.366 e. The molecule has 3 aromatic rings. The fraction of sp³-hybridized carbons (Fsp3) is 0.348. The van der Waals surface area contributed by atoms with Gasteiger partial charge in [0.2, 0.25) is 10.3 Å². The zero-order valence-electron chi connectivity index (χ0n) is 18.3. The summed E-state index contributed by atoms with van der Waals surface area (Å²) >= 11 is 0.920. The second-order valence-electron chi connectivity index (χ2n) is 8.24. The molecule has 1 aromatic heterocycles. The SMILES string of the molecule is Cc1ccc(-n2c(C)nnc2SC(=O)c2ccc(N3CCC[C@@H](C)C3)c([N+](=O)[O-])c2)cc1. The number of rotatable bonds is 5. The summed E-state index contributed by atoms with van der Waals surface area (Å²) in [6.07, 6.45) is 2.13. The zero-order chi connectivity index (χ0) is 22.8. The predicted octanol–water partition coefficient (Wildman–Crippen LogP) is 4.96. The molecule has 9 heteroatoms. The second-order valence-corrected chi connectivity index (χ2v) is 9.18. The van der Waals surface area contributed by atoms with Gasteiger partial charge in [-0.2, -0.15) is 0 Å². The summed E-state index contributed by atoms with van der Waals surface area (Å²) in [6, 6.07) is 12.6. The molecule has 1 atom stereocenters. The molecule has 2 heterocycles. The molecule has 1 aliphatic rings. The number of nitro benzene ring substituents is 1. The van der Waals surface area contributed by atoms with Crippen molar-refractivity contribution in [3.05, 3.63) is 69.5 Å². The van der Waals surface area contributed by atoms with E-state index in [1.807, 2.05) is 43.0 Å². The number of hydrogen-bond acceptors (Lipinski definition) is 7. The van der Waals surface area contributed by atoms with Crippen molar-refractivity contribution >= 4 is 28.3 Å². The Kier molecular flexibility index (Phi) is 6.27. The van der Waals surface area contributed by atoms with E-state index < -0.39 is 4.92 Å². The number of piperidine rings is 1. The molecule has 8 nitrogen and oxygen atoms in total. The molecule has 0 N–H and O–H groups in total. The van der Waals surface area contributed by atoms with Crippen LogP contribution in [0.2, 0.25) is 0 Å². The highest BCUT2D eigenvalue weighted by Gasteiger charge is 2.26. The van der Waals surface area contributed by atoms with Crippen LogP contribution in [0.1, 0.15) is 41.5 Å². The molecule has 32 heavy (non-hydrogen) atoms. The van der Waals surface area contributed by atoms with Crippen molar-refractivity contribution < 1.29 is 9.72 Å². The Hall–Kier alpha value is -3.20. The van der Waals surface area contributed by atoms with Crippen LogP contribution >= 0.6 is 11.8 Å². The third-order valence-corrected chi connectivity index (χ3v) is 6.54. The molecule has 1 saturated heterocycles. The van der Waals surface area contributed by atoms with Crippen LogP contribution in [0.4, 0.5) is 11.4 Å². The van der Waals surface area contributed by atoms with E-state index in [4.69, 9.17) is 0 Å². The van der Waals surface area contributed by atoms with Crippen LogP contribution in [0.25, 0.3) is 5.69 Å². The number of thioether (sulfide) groups is 1. The minimum absolute atomic E-state index is 0.0401. The normalized spacial score (nSPS) is 16.2. The van der Waals surface area contributed by atoms with Crippen molar-refractivity contribution in [2.45, 2.75) is 38.8 Å². The molecule has 2 aromatic carbocycles. The van der Waals surface area contributed by atoms with Crippen LogP contribution in [0.5, 0.6) is 0 Å². The van der Waals surface area contributed by atoms with E-state index in [0.29, 0.717) is 22.6 Å². The Morgan fingerprint density at radius 2 is 1.91 bits per heavy atom. The van der Waals surface area contributed by atoms with Gasteiger partial charge >= 0.3 is 0 Å². The first-order chi connectivity index (χ1) is 15.3. The van der Waals surface area contributed by atoms with Gasteiger partial charge < -0.3 is 4.90 Å². The molecule has 0 saturated carbocycles. The van der Waals surface area contributed by atoms with Gasteiger partial charge in [0.25, 0.3) is 5.69 Å². The van der Waals surface area contributed by atoms with Crippen LogP contribution in [0.3, 0.4) is 0 Å². The topological polar surface area (TPSA) is 94.2 Å². The summed E-state index contributed by atoms with van der Waals surface area (Å²) in [5.74, 6) is 1.14. The minimum Gasteiger partial charge on any atom is -0.366 e. The summed E-state index contributed by atoms with van der Waals surface area (Å²) in [5.41, 5.74) is 2.78. The molecule has 1 aliphatic heterocycles. The summed E-state index contributed by atoms with van der Waals surface area (Å²) < 4.78 is 1.81. The summed E-state index contributed by atoms with van der Waals surface area (Å²) in [6.45, 7) is 7.54. The van der Waals surface area contributed by atoms with Crippen molar-refractivity contribution in [3.63, 3.8) is 0 Å². The van der Waals surface area contributed by atoms with E-state index in [-0.39, 0.29) is 16.4 Å². The Bertz CT molecular complexity index is 1160. The van der Waals surface area contributed by atoms with E-state index >= 15 is 0 Å². The number of aryl methyl sites for hydroxylation is 2. The van der Waals surface area contributed by atoms with Crippen molar-refractivity contribution in [2.24, 2.45) is 5.92 Å². The highest BCUT2D eigenvalue weighted by atomic mass is 32.2. The molecule has 0 amide bonds. The highest BCUT2D eigenvalue weighted by molar-refractivity contribution is 8.14. The molecule has 1 fully saturated rings. The smallest absolute Gasteiger partial charge is 0.293 e. The minimum atomic E-state index is -0.408. The maximum absolute atomic E-state index is 13.0. The van der Waals surface area contributed by atoms with Gasteiger partial charge in [0, 0.05) is 30.4 Å². The van der Waals surface area contributed by atoms with Gasteiger partial charge in [-0.05, 0) is 68.6 Å². The lowest BCUT2D eigenvalue weighted by molar-refractivity contribution is -0.384. The molecule has 166 valence electrons. The monoisotopic (exact) mass is 451 g/mol. The second kappa shape index (κ2) is 9.12. The maximum Gasteiger partial charge on any atom is 0.293 e. The van der Waals surface area contributed by atoms with Crippen LogP contribution in [-0.4, -0.2) is 37.9 Å². The Morgan fingerprint density at radius 3 is 2.59 bits per heavy atom. The van der Waals surface area contributed by atoms with E-state index in [0.717, 1.165) is 48.9 Å². The summed E-state index contributed by atoms with van der Waals surface area (Å²) in [5, 5.41) is 20.2. The molecule has 0 bridgehead atoms. The first kappa shape index (κ1) is 22.0. The van der Waals surface area contributed by atoms with E-state index in [1.54, 1.807) is 16.7 Å². The van der Waals surface area contributed by atoms with Crippen molar-refractivity contribution in [1.29, 1.82) is 0 Å². The first-order valence-corrected chi connectivity index (χ1v) is 11.4. The number of hydrogen-bond donors (Lipinski definition) is 0. The van der Waals surface area contributed by atoms with Crippen molar-refractivity contribution in [1.82, 2.24) is 14.8 Å². The van der Waals surface area contributed by atoms with Crippen LogP contribution in [-0.2, 0) is 0 Å². The number of carbonyl (C=O) groups excluding carboxylic acids is 1. The fourth-order valence-electron chi connectivity index (χ4n) is 4.01. The Labute approximate surface area is 190 Å². The van der Waals surface area contributed by atoms with E-state index in [2.05, 4.69) is 17.1 Å².